The van der Waals surface area contributed by atoms with E-state index in [2.05, 4.69) is 34.1 Å². The molecule has 33 heavy (non-hydrogen) atoms. The van der Waals surface area contributed by atoms with Crippen LogP contribution < -0.4 is 5.56 Å². The van der Waals surface area contributed by atoms with Crippen molar-refractivity contribution in [3.8, 4) is 0 Å². The first-order chi connectivity index (χ1) is 16.2. The Morgan fingerprint density at radius 1 is 1.09 bits per heavy atom. The van der Waals surface area contributed by atoms with Gasteiger partial charge in [-0.1, -0.05) is 30.3 Å². The van der Waals surface area contributed by atoms with Gasteiger partial charge in [0.25, 0.3) is 5.56 Å². The topological polar surface area (TPSA) is 69.3 Å². The van der Waals surface area contributed by atoms with Crippen molar-refractivity contribution in [1.29, 1.82) is 0 Å². The number of thiophene rings is 1. The lowest BCUT2D eigenvalue weighted by atomic mass is 9.97. The van der Waals surface area contributed by atoms with Crippen molar-refractivity contribution >= 4 is 39.2 Å². The molecule has 0 saturated carbocycles. The Kier molecular flexibility index (Phi) is 7.13. The van der Waals surface area contributed by atoms with Gasteiger partial charge >= 0.3 is 0 Å². The molecular weight excluding hydrogens is 452 g/mol. The van der Waals surface area contributed by atoms with Crippen LogP contribution in [0.2, 0.25) is 0 Å². The first-order valence-corrected chi connectivity index (χ1v) is 13.8. The molecule has 5 rings (SSSR count). The Balaban J connectivity index is 1.07. The highest BCUT2D eigenvalue weighted by molar-refractivity contribution is 7.98. The number of thioether (sulfide) groups is 1. The molecule has 0 bridgehead atoms. The van der Waals surface area contributed by atoms with E-state index in [1.807, 2.05) is 11.0 Å². The summed E-state index contributed by atoms with van der Waals surface area (Å²) in [6.45, 7) is 4.38. The van der Waals surface area contributed by atoms with E-state index in [-0.39, 0.29) is 11.5 Å². The Hall–Kier alpha value is -2.16. The summed E-state index contributed by atoms with van der Waals surface area (Å²) in [6.07, 6.45) is 4.96. The number of piperazine rings is 1. The number of aromatic amines is 1. The van der Waals surface area contributed by atoms with E-state index in [0.717, 1.165) is 73.8 Å². The number of rotatable bonds is 7. The lowest BCUT2D eigenvalue weighted by Crippen LogP contribution is -2.48. The summed E-state index contributed by atoms with van der Waals surface area (Å²) >= 11 is 3.35. The third-order valence-electron chi connectivity index (χ3n) is 6.55. The highest BCUT2D eigenvalue weighted by atomic mass is 32.2. The minimum Gasteiger partial charge on any atom is -0.340 e. The number of carbonyl (C=O) groups excluding carboxylic acids is 1. The molecule has 3 heterocycles. The number of aromatic nitrogens is 2. The average molecular weight is 483 g/mol. The summed E-state index contributed by atoms with van der Waals surface area (Å²) in [4.78, 5) is 39.6. The first kappa shape index (κ1) is 22.6. The molecule has 1 amide bonds. The molecular formula is C25H30N4O2S2. The van der Waals surface area contributed by atoms with Gasteiger partial charge in [0.15, 0.2) is 0 Å². The van der Waals surface area contributed by atoms with Crippen molar-refractivity contribution in [3.63, 3.8) is 0 Å². The quantitative estimate of drug-likeness (QED) is 0.519. The molecule has 3 aromatic rings. The minimum absolute atomic E-state index is 0.000509. The van der Waals surface area contributed by atoms with Gasteiger partial charge in [0.1, 0.15) is 10.7 Å². The Morgan fingerprint density at radius 3 is 2.70 bits per heavy atom. The molecule has 2 aliphatic rings. The number of benzene rings is 1. The number of H-pyrrole nitrogens is 1. The molecule has 8 heteroatoms. The van der Waals surface area contributed by atoms with E-state index in [0.29, 0.717) is 12.2 Å². The standard InChI is InChI=1S/C25H30N4O2S2/c30-22(29-13-11-28(12-14-29)16-18-6-2-1-3-7-18)10-15-32-17-21-26-24(31)23-19-8-4-5-9-20(19)33-25(23)27-21/h1-3,6-7H,4-5,8-17H2,(H,26,27,31). The lowest BCUT2D eigenvalue weighted by Gasteiger charge is -2.34. The molecule has 0 unspecified atom stereocenters. The van der Waals surface area contributed by atoms with Gasteiger partial charge in [-0.25, -0.2) is 4.98 Å². The van der Waals surface area contributed by atoms with Crippen molar-refractivity contribution in [2.45, 2.75) is 44.4 Å². The van der Waals surface area contributed by atoms with Gasteiger partial charge in [-0.3, -0.25) is 14.5 Å². The molecule has 0 spiro atoms. The highest BCUT2D eigenvalue weighted by Gasteiger charge is 2.22. The molecule has 174 valence electrons. The van der Waals surface area contributed by atoms with Gasteiger partial charge in [0.05, 0.1) is 11.1 Å². The second-order valence-corrected chi connectivity index (χ2v) is 11.0. The van der Waals surface area contributed by atoms with E-state index >= 15 is 0 Å². The summed E-state index contributed by atoms with van der Waals surface area (Å²) < 4.78 is 0. The summed E-state index contributed by atoms with van der Waals surface area (Å²) in [5, 5.41) is 0.810. The van der Waals surface area contributed by atoms with Gasteiger partial charge in [0.2, 0.25) is 5.91 Å². The fraction of sp³-hybridized carbons (Fsp3) is 0.480. The maximum atomic E-state index is 12.7. The monoisotopic (exact) mass is 482 g/mol. The molecule has 6 nitrogen and oxygen atoms in total. The molecule has 1 aliphatic carbocycles. The van der Waals surface area contributed by atoms with Crippen LogP contribution in [0.5, 0.6) is 0 Å². The Morgan fingerprint density at radius 2 is 1.88 bits per heavy atom. The molecule has 0 atom stereocenters. The molecule has 0 radical (unpaired) electrons. The number of hydrogen-bond acceptors (Lipinski definition) is 6. The summed E-state index contributed by atoms with van der Waals surface area (Å²) in [5.74, 6) is 2.32. The van der Waals surface area contributed by atoms with Crippen molar-refractivity contribution in [3.05, 3.63) is 62.5 Å². The van der Waals surface area contributed by atoms with Crippen LogP contribution >= 0.6 is 23.1 Å². The number of nitrogens with one attached hydrogen (secondary N) is 1. The maximum Gasteiger partial charge on any atom is 0.259 e. The van der Waals surface area contributed by atoms with Crippen molar-refractivity contribution in [1.82, 2.24) is 19.8 Å². The fourth-order valence-corrected chi connectivity index (χ4v) is 6.83. The fourth-order valence-electron chi connectivity index (χ4n) is 4.76. The molecule has 1 saturated heterocycles. The molecule has 1 aromatic carbocycles. The first-order valence-electron chi connectivity index (χ1n) is 11.8. The van der Waals surface area contributed by atoms with Crippen LogP contribution in [-0.4, -0.2) is 57.6 Å². The number of hydrogen-bond donors (Lipinski definition) is 1. The SMILES string of the molecule is O=C(CCSCc1nc2sc3c(c2c(=O)[nH]1)CCCC3)N1CCN(Cc2ccccc2)CC1. The smallest absolute Gasteiger partial charge is 0.259 e. The van der Waals surface area contributed by atoms with Gasteiger partial charge in [-0.2, -0.15) is 11.8 Å². The van der Waals surface area contributed by atoms with Crippen molar-refractivity contribution in [2.75, 3.05) is 31.9 Å². The van der Waals surface area contributed by atoms with Crippen LogP contribution in [0.4, 0.5) is 0 Å². The predicted molar refractivity (Wildman–Crippen MR) is 136 cm³/mol. The van der Waals surface area contributed by atoms with E-state index in [4.69, 9.17) is 4.98 Å². The van der Waals surface area contributed by atoms with Crippen LogP contribution in [0, 0.1) is 0 Å². The van der Waals surface area contributed by atoms with Crippen molar-refractivity contribution < 1.29 is 4.79 Å². The largest absolute Gasteiger partial charge is 0.340 e. The zero-order valence-electron chi connectivity index (χ0n) is 18.8. The number of nitrogens with zero attached hydrogens (tertiary/aromatic N) is 3. The van der Waals surface area contributed by atoms with Gasteiger partial charge in [0, 0.05) is 49.8 Å². The zero-order chi connectivity index (χ0) is 22.6. The number of carbonyl (C=O) groups is 1. The number of aryl methyl sites for hydroxylation is 2. The van der Waals surface area contributed by atoms with E-state index in [9.17, 15) is 9.59 Å². The maximum absolute atomic E-state index is 12.7. The molecule has 1 aliphatic heterocycles. The normalized spacial score (nSPS) is 16.8. The lowest BCUT2D eigenvalue weighted by molar-refractivity contribution is -0.132. The Labute approximate surface area is 202 Å². The predicted octanol–water partition coefficient (Wildman–Crippen LogP) is 3.83. The van der Waals surface area contributed by atoms with E-state index < -0.39 is 0 Å². The minimum atomic E-state index is -0.000509. The number of amides is 1. The summed E-state index contributed by atoms with van der Waals surface area (Å²) in [5.41, 5.74) is 2.55. The van der Waals surface area contributed by atoms with Gasteiger partial charge < -0.3 is 9.88 Å². The third kappa shape index (κ3) is 5.34. The van der Waals surface area contributed by atoms with E-state index in [1.165, 1.54) is 22.4 Å². The van der Waals surface area contributed by atoms with Crippen LogP contribution in [0.15, 0.2) is 35.1 Å². The van der Waals surface area contributed by atoms with Gasteiger partial charge in [-0.15, -0.1) is 11.3 Å². The van der Waals surface area contributed by atoms with E-state index in [1.54, 1.807) is 23.1 Å². The second kappa shape index (κ2) is 10.4. The summed E-state index contributed by atoms with van der Waals surface area (Å²) in [6, 6.07) is 10.5. The van der Waals surface area contributed by atoms with Crippen LogP contribution in [-0.2, 0) is 29.9 Å². The number of fused-ring (bicyclic) bond motifs is 3. The third-order valence-corrected chi connectivity index (χ3v) is 8.70. The molecule has 1 N–H and O–H groups in total. The summed E-state index contributed by atoms with van der Waals surface area (Å²) in [7, 11) is 0. The highest BCUT2D eigenvalue weighted by Crippen LogP contribution is 2.33. The van der Waals surface area contributed by atoms with Crippen LogP contribution in [0.1, 0.15) is 41.1 Å². The van der Waals surface area contributed by atoms with Crippen LogP contribution in [0.25, 0.3) is 10.2 Å². The zero-order valence-corrected chi connectivity index (χ0v) is 20.5. The average Bonchev–Trinajstić information content (AvgIpc) is 3.22. The molecule has 2 aromatic heterocycles. The van der Waals surface area contributed by atoms with Gasteiger partial charge in [-0.05, 0) is 36.8 Å². The second-order valence-electron chi connectivity index (χ2n) is 8.85. The van der Waals surface area contributed by atoms with Crippen molar-refractivity contribution in [2.24, 2.45) is 0 Å². The van der Waals surface area contributed by atoms with Crippen LogP contribution in [0.3, 0.4) is 0 Å². The molecule has 1 fully saturated rings. The Bertz CT molecular complexity index is 1170.